The Balaban J connectivity index is 0.00000312. The van der Waals surface area contributed by atoms with Crippen molar-refractivity contribution in [3.63, 3.8) is 0 Å². The van der Waals surface area contributed by atoms with E-state index in [0.29, 0.717) is 19.2 Å². The molecule has 2 rings (SSSR count). The number of ether oxygens (including phenoxy) is 1. The highest BCUT2D eigenvalue weighted by Crippen LogP contribution is 2.17. The van der Waals surface area contributed by atoms with Crippen LogP contribution in [0.2, 0.25) is 0 Å². The summed E-state index contributed by atoms with van der Waals surface area (Å²) in [6.07, 6.45) is 3.83. The zero-order valence-electron chi connectivity index (χ0n) is 15.8. The van der Waals surface area contributed by atoms with Crippen LogP contribution in [0.4, 0.5) is 0 Å². The van der Waals surface area contributed by atoms with Gasteiger partial charge in [-0.1, -0.05) is 25.1 Å². The molecule has 0 amide bonds. The topological polar surface area (TPSA) is 48.9 Å². The van der Waals surface area contributed by atoms with Crippen LogP contribution in [0.1, 0.15) is 38.7 Å². The van der Waals surface area contributed by atoms with Crippen molar-refractivity contribution in [2.75, 3.05) is 33.3 Å². The lowest BCUT2D eigenvalue weighted by Gasteiger charge is -2.27. The Morgan fingerprint density at radius 2 is 1.92 bits per heavy atom. The lowest BCUT2D eigenvalue weighted by atomic mass is 10.2. The zero-order chi connectivity index (χ0) is 17.2. The number of nitrogens with one attached hydrogen (secondary N) is 2. The summed E-state index contributed by atoms with van der Waals surface area (Å²) < 4.78 is 5.68. The molecule has 1 unspecified atom stereocenters. The van der Waals surface area contributed by atoms with E-state index >= 15 is 0 Å². The highest BCUT2D eigenvalue weighted by atomic mass is 127. The molecule has 1 aromatic rings. The summed E-state index contributed by atoms with van der Waals surface area (Å²) in [6, 6.07) is 8.73. The van der Waals surface area contributed by atoms with Gasteiger partial charge in [0.2, 0.25) is 0 Å². The van der Waals surface area contributed by atoms with E-state index in [-0.39, 0.29) is 24.0 Å². The van der Waals surface area contributed by atoms with E-state index in [1.807, 2.05) is 32.2 Å². The van der Waals surface area contributed by atoms with Crippen LogP contribution >= 0.6 is 24.0 Å². The molecule has 0 bridgehead atoms. The van der Waals surface area contributed by atoms with Crippen LogP contribution in [0.15, 0.2) is 29.3 Å². The second-order valence-electron chi connectivity index (χ2n) is 6.15. The van der Waals surface area contributed by atoms with Crippen LogP contribution in [-0.2, 0) is 6.54 Å². The molecule has 1 aliphatic heterocycles. The summed E-state index contributed by atoms with van der Waals surface area (Å²) >= 11 is 0. The van der Waals surface area contributed by atoms with Crippen molar-refractivity contribution in [2.24, 2.45) is 4.99 Å². The SMILES string of the molecule is CCOc1ccccc1CNC(=NC)NCC(CC)N1CCCC1.I. The highest BCUT2D eigenvalue weighted by Gasteiger charge is 2.20. The van der Waals surface area contributed by atoms with Gasteiger partial charge in [0, 0.05) is 31.7 Å². The second-order valence-corrected chi connectivity index (χ2v) is 6.15. The van der Waals surface area contributed by atoms with Gasteiger partial charge in [-0.05, 0) is 45.3 Å². The molecule has 0 spiro atoms. The second kappa shape index (κ2) is 12.4. The molecule has 0 aromatic heterocycles. The van der Waals surface area contributed by atoms with Crippen LogP contribution in [0.3, 0.4) is 0 Å². The summed E-state index contributed by atoms with van der Waals surface area (Å²) in [7, 11) is 1.82. The van der Waals surface area contributed by atoms with Crippen LogP contribution in [0, 0.1) is 0 Å². The summed E-state index contributed by atoms with van der Waals surface area (Å²) in [5.74, 6) is 1.78. The first-order valence-corrected chi connectivity index (χ1v) is 9.17. The number of rotatable bonds is 8. The number of guanidine groups is 1. The molecule has 1 atom stereocenters. The predicted octanol–water partition coefficient (Wildman–Crippen LogP) is 3.24. The zero-order valence-corrected chi connectivity index (χ0v) is 18.1. The molecule has 1 fully saturated rings. The molecule has 0 saturated carbocycles. The predicted molar refractivity (Wildman–Crippen MR) is 116 cm³/mol. The largest absolute Gasteiger partial charge is 0.494 e. The molecule has 2 N–H and O–H groups in total. The number of likely N-dealkylation sites (tertiary alicyclic amines) is 1. The minimum atomic E-state index is 0. The lowest BCUT2D eigenvalue weighted by molar-refractivity contribution is 0.236. The molecule has 25 heavy (non-hydrogen) atoms. The van der Waals surface area contributed by atoms with Crippen LogP contribution in [0.25, 0.3) is 0 Å². The fraction of sp³-hybridized carbons (Fsp3) is 0.632. The van der Waals surface area contributed by atoms with Gasteiger partial charge in [-0.15, -0.1) is 24.0 Å². The van der Waals surface area contributed by atoms with E-state index in [0.717, 1.165) is 30.2 Å². The lowest BCUT2D eigenvalue weighted by Crippen LogP contribution is -2.46. The Bertz CT molecular complexity index is 518. The van der Waals surface area contributed by atoms with Gasteiger partial charge in [0.05, 0.1) is 6.61 Å². The van der Waals surface area contributed by atoms with Gasteiger partial charge in [0.15, 0.2) is 5.96 Å². The van der Waals surface area contributed by atoms with E-state index in [2.05, 4.69) is 33.5 Å². The fourth-order valence-electron chi connectivity index (χ4n) is 3.20. The average Bonchev–Trinajstić information content (AvgIpc) is 3.14. The van der Waals surface area contributed by atoms with Crippen LogP contribution in [0.5, 0.6) is 5.75 Å². The standard InChI is InChI=1S/C19H32N4O.HI/c1-4-17(23-12-8-9-13-23)15-22-19(20-3)21-14-16-10-6-7-11-18(16)24-5-2;/h6-7,10-11,17H,4-5,8-9,12-15H2,1-3H3,(H2,20,21,22);1H. The molecule has 6 heteroatoms. The van der Waals surface area contributed by atoms with Crippen molar-refractivity contribution in [3.8, 4) is 5.75 Å². The molecule has 5 nitrogen and oxygen atoms in total. The van der Waals surface area contributed by atoms with Crippen molar-refractivity contribution in [2.45, 2.75) is 45.7 Å². The summed E-state index contributed by atoms with van der Waals surface area (Å²) in [6.45, 7) is 9.05. The Kier molecular flexibility index (Phi) is 10.9. The average molecular weight is 460 g/mol. The molecule has 0 aliphatic carbocycles. The molecular weight excluding hydrogens is 427 g/mol. The monoisotopic (exact) mass is 460 g/mol. The van der Waals surface area contributed by atoms with Crippen molar-refractivity contribution in [3.05, 3.63) is 29.8 Å². The van der Waals surface area contributed by atoms with Gasteiger partial charge < -0.3 is 15.4 Å². The van der Waals surface area contributed by atoms with Crippen molar-refractivity contribution in [1.82, 2.24) is 15.5 Å². The van der Waals surface area contributed by atoms with Crippen LogP contribution in [-0.4, -0.2) is 50.2 Å². The molecule has 0 radical (unpaired) electrons. The van der Waals surface area contributed by atoms with E-state index < -0.39 is 0 Å². The normalized spacial score (nSPS) is 16.2. The minimum Gasteiger partial charge on any atom is -0.494 e. The van der Waals surface area contributed by atoms with E-state index in [1.54, 1.807) is 0 Å². The molecule has 1 aromatic carbocycles. The number of hydrogen-bond donors (Lipinski definition) is 2. The maximum absolute atomic E-state index is 5.68. The number of benzene rings is 1. The number of aliphatic imine (C=N–C) groups is 1. The quantitative estimate of drug-likeness (QED) is 0.355. The van der Waals surface area contributed by atoms with E-state index in [4.69, 9.17) is 4.74 Å². The number of halogens is 1. The molecular formula is C19H33IN4O. The first-order chi connectivity index (χ1) is 11.8. The first kappa shape index (κ1) is 22.0. The third-order valence-corrected chi connectivity index (χ3v) is 4.58. The molecule has 1 heterocycles. The summed E-state index contributed by atoms with van der Waals surface area (Å²) in [4.78, 5) is 6.93. The van der Waals surface area contributed by atoms with Gasteiger partial charge in [-0.3, -0.25) is 9.89 Å². The summed E-state index contributed by atoms with van der Waals surface area (Å²) in [5.41, 5.74) is 1.15. The van der Waals surface area contributed by atoms with Crippen molar-refractivity contribution >= 4 is 29.9 Å². The Morgan fingerprint density at radius 1 is 1.20 bits per heavy atom. The van der Waals surface area contributed by atoms with E-state index in [1.165, 1.54) is 25.9 Å². The van der Waals surface area contributed by atoms with Crippen molar-refractivity contribution < 1.29 is 4.74 Å². The molecule has 1 saturated heterocycles. The van der Waals surface area contributed by atoms with E-state index in [9.17, 15) is 0 Å². The summed E-state index contributed by atoms with van der Waals surface area (Å²) in [5, 5.41) is 6.87. The van der Waals surface area contributed by atoms with Gasteiger partial charge in [0.25, 0.3) is 0 Å². The Labute approximate surface area is 169 Å². The van der Waals surface area contributed by atoms with Gasteiger partial charge in [0.1, 0.15) is 5.75 Å². The molecule has 142 valence electrons. The van der Waals surface area contributed by atoms with Crippen molar-refractivity contribution in [1.29, 1.82) is 0 Å². The Hall–Kier alpha value is -1.02. The Morgan fingerprint density at radius 3 is 2.56 bits per heavy atom. The maximum atomic E-state index is 5.68. The van der Waals surface area contributed by atoms with Gasteiger partial charge in [-0.25, -0.2) is 0 Å². The van der Waals surface area contributed by atoms with Gasteiger partial charge >= 0.3 is 0 Å². The smallest absolute Gasteiger partial charge is 0.191 e. The maximum Gasteiger partial charge on any atom is 0.191 e. The number of para-hydroxylation sites is 1. The van der Waals surface area contributed by atoms with Gasteiger partial charge in [-0.2, -0.15) is 0 Å². The minimum absolute atomic E-state index is 0. The third kappa shape index (κ3) is 7.01. The first-order valence-electron chi connectivity index (χ1n) is 9.17. The number of hydrogen-bond acceptors (Lipinski definition) is 3. The number of nitrogens with zero attached hydrogens (tertiary/aromatic N) is 2. The fourth-order valence-corrected chi connectivity index (χ4v) is 3.20. The van der Waals surface area contributed by atoms with Crippen LogP contribution < -0.4 is 15.4 Å². The molecule has 1 aliphatic rings. The highest BCUT2D eigenvalue weighted by molar-refractivity contribution is 14.0. The third-order valence-electron chi connectivity index (χ3n) is 4.58.